The van der Waals surface area contributed by atoms with Crippen LogP contribution in [0.15, 0.2) is 4.52 Å². The number of aromatic nitrogens is 1. The molecule has 1 amide bonds. The smallest absolute Gasteiger partial charge is 0.256 e. The molecule has 2 N–H and O–H groups in total. The highest BCUT2D eigenvalue weighted by Crippen LogP contribution is 2.11. The molecule has 0 aliphatic rings. The normalized spacial score (nSPS) is 10.4. The van der Waals surface area contributed by atoms with Crippen molar-refractivity contribution < 1.29 is 9.32 Å². The average Bonchev–Trinajstić information content (AvgIpc) is 2.58. The minimum absolute atomic E-state index is 0.104. The summed E-state index contributed by atoms with van der Waals surface area (Å²) in [5.74, 6) is 0.467. The van der Waals surface area contributed by atoms with Crippen LogP contribution in [0.3, 0.4) is 0 Å². The fourth-order valence-electron chi connectivity index (χ4n) is 1.49. The van der Waals surface area contributed by atoms with Gasteiger partial charge in [0.05, 0.1) is 5.69 Å². The zero-order valence-corrected chi connectivity index (χ0v) is 10.1. The summed E-state index contributed by atoms with van der Waals surface area (Å²) in [5.41, 5.74) is 1.20. The van der Waals surface area contributed by atoms with E-state index >= 15 is 0 Å². The largest absolute Gasteiger partial charge is 0.361 e. The topological polar surface area (TPSA) is 67.2 Å². The number of nitrogens with zero attached hydrogens (tertiary/aromatic N) is 1. The van der Waals surface area contributed by atoms with Crippen molar-refractivity contribution in [3.63, 3.8) is 0 Å². The van der Waals surface area contributed by atoms with Gasteiger partial charge in [-0.3, -0.25) is 4.79 Å². The molecule has 0 aliphatic carbocycles. The van der Waals surface area contributed by atoms with Gasteiger partial charge in [0.25, 0.3) is 5.91 Å². The Hall–Kier alpha value is -1.36. The molecule has 0 atom stereocenters. The Balaban J connectivity index is 2.36. The molecule has 0 aromatic carbocycles. The second kappa shape index (κ2) is 6.27. The van der Waals surface area contributed by atoms with E-state index in [9.17, 15) is 4.79 Å². The molecule has 1 rings (SSSR count). The van der Waals surface area contributed by atoms with Crippen molar-refractivity contribution >= 4 is 5.91 Å². The van der Waals surface area contributed by atoms with Crippen LogP contribution >= 0.6 is 0 Å². The summed E-state index contributed by atoms with van der Waals surface area (Å²) >= 11 is 0. The second-order valence-electron chi connectivity index (χ2n) is 3.66. The van der Waals surface area contributed by atoms with Crippen LogP contribution in [-0.2, 0) is 0 Å². The monoisotopic (exact) mass is 225 g/mol. The highest BCUT2D eigenvalue weighted by molar-refractivity contribution is 5.96. The first-order chi connectivity index (χ1) is 7.66. The fourth-order valence-corrected chi connectivity index (χ4v) is 1.49. The number of hydrogen-bond acceptors (Lipinski definition) is 4. The van der Waals surface area contributed by atoms with Crippen LogP contribution in [0, 0.1) is 13.8 Å². The van der Waals surface area contributed by atoms with Gasteiger partial charge in [-0.1, -0.05) is 12.1 Å². The molecule has 0 spiro atoms. The summed E-state index contributed by atoms with van der Waals surface area (Å²) in [6.45, 7) is 8.10. The third kappa shape index (κ3) is 3.34. The number of carbonyl (C=O) groups excluding carboxylic acids is 1. The van der Waals surface area contributed by atoms with Gasteiger partial charge in [0, 0.05) is 6.54 Å². The molecule has 0 fully saturated rings. The predicted octanol–water partition coefficient (Wildman–Crippen LogP) is 1.02. The van der Waals surface area contributed by atoms with E-state index < -0.39 is 0 Å². The molecule has 1 aromatic rings. The van der Waals surface area contributed by atoms with Crippen molar-refractivity contribution in [2.24, 2.45) is 0 Å². The van der Waals surface area contributed by atoms with Gasteiger partial charge < -0.3 is 15.2 Å². The van der Waals surface area contributed by atoms with E-state index in [4.69, 9.17) is 4.52 Å². The Bertz CT molecular complexity index is 327. The Labute approximate surface area is 95.6 Å². The molecule has 0 aliphatic heterocycles. The van der Waals surface area contributed by atoms with Crippen molar-refractivity contribution in [2.75, 3.05) is 19.6 Å². The summed E-state index contributed by atoms with van der Waals surface area (Å²) in [7, 11) is 0. The first-order valence-electron chi connectivity index (χ1n) is 5.58. The SMILES string of the molecule is CCNCCCNC(=O)c1c(C)noc1C. The number of rotatable bonds is 6. The standard InChI is InChI=1S/C11H19N3O2/c1-4-12-6-5-7-13-11(15)10-8(2)14-16-9(10)3/h12H,4-7H2,1-3H3,(H,13,15). The van der Waals surface area contributed by atoms with Gasteiger partial charge in [-0.25, -0.2) is 0 Å². The first kappa shape index (κ1) is 12.7. The quantitative estimate of drug-likeness (QED) is 0.709. The van der Waals surface area contributed by atoms with Crippen LogP contribution in [0.25, 0.3) is 0 Å². The maximum Gasteiger partial charge on any atom is 0.256 e. The summed E-state index contributed by atoms with van der Waals surface area (Å²) in [5, 5.41) is 9.79. The minimum atomic E-state index is -0.104. The van der Waals surface area contributed by atoms with Crippen molar-refractivity contribution in [2.45, 2.75) is 27.2 Å². The van der Waals surface area contributed by atoms with E-state index in [0.717, 1.165) is 19.5 Å². The van der Waals surface area contributed by atoms with Crippen LogP contribution < -0.4 is 10.6 Å². The average molecular weight is 225 g/mol. The van der Waals surface area contributed by atoms with Crippen LogP contribution in [0.5, 0.6) is 0 Å². The molecule has 16 heavy (non-hydrogen) atoms. The van der Waals surface area contributed by atoms with Crippen molar-refractivity contribution in [1.82, 2.24) is 15.8 Å². The number of carbonyl (C=O) groups is 1. The Morgan fingerprint density at radius 1 is 1.38 bits per heavy atom. The molecule has 0 saturated carbocycles. The van der Waals surface area contributed by atoms with E-state index in [1.807, 2.05) is 0 Å². The van der Waals surface area contributed by atoms with Gasteiger partial charge in [-0.05, 0) is 33.4 Å². The third-order valence-electron chi connectivity index (χ3n) is 2.33. The van der Waals surface area contributed by atoms with E-state index in [1.165, 1.54) is 0 Å². The molecule has 0 unspecified atom stereocenters. The Morgan fingerprint density at radius 3 is 2.69 bits per heavy atom. The highest BCUT2D eigenvalue weighted by Gasteiger charge is 2.16. The Morgan fingerprint density at radius 2 is 2.12 bits per heavy atom. The number of nitrogens with one attached hydrogen (secondary N) is 2. The summed E-state index contributed by atoms with van der Waals surface area (Å²) in [6, 6.07) is 0. The van der Waals surface area contributed by atoms with Crippen LogP contribution in [0.1, 0.15) is 35.2 Å². The molecule has 1 heterocycles. The fraction of sp³-hybridized carbons (Fsp3) is 0.636. The zero-order valence-electron chi connectivity index (χ0n) is 10.1. The highest BCUT2D eigenvalue weighted by atomic mass is 16.5. The molecule has 1 aromatic heterocycles. The summed E-state index contributed by atoms with van der Waals surface area (Å²) in [4.78, 5) is 11.7. The number of amides is 1. The van der Waals surface area contributed by atoms with Crippen molar-refractivity contribution in [3.8, 4) is 0 Å². The van der Waals surface area contributed by atoms with Gasteiger partial charge in [0.15, 0.2) is 0 Å². The van der Waals surface area contributed by atoms with E-state index in [2.05, 4.69) is 22.7 Å². The molecular formula is C11H19N3O2. The summed E-state index contributed by atoms with van der Waals surface area (Å²) in [6.07, 6.45) is 0.920. The molecule has 5 heteroatoms. The van der Waals surface area contributed by atoms with Crippen molar-refractivity contribution in [3.05, 3.63) is 17.0 Å². The second-order valence-corrected chi connectivity index (χ2v) is 3.66. The molecule has 0 saturated heterocycles. The molecule has 0 bridgehead atoms. The van der Waals surface area contributed by atoms with E-state index in [0.29, 0.717) is 23.6 Å². The lowest BCUT2D eigenvalue weighted by Crippen LogP contribution is -2.27. The first-order valence-corrected chi connectivity index (χ1v) is 5.58. The number of hydrogen-bond donors (Lipinski definition) is 2. The predicted molar refractivity (Wildman–Crippen MR) is 61.5 cm³/mol. The summed E-state index contributed by atoms with van der Waals surface area (Å²) < 4.78 is 4.94. The maximum atomic E-state index is 11.7. The van der Waals surface area contributed by atoms with Crippen LogP contribution in [-0.4, -0.2) is 30.7 Å². The third-order valence-corrected chi connectivity index (χ3v) is 2.33. The van der Waals surface area contributed by atoms with E-state index in [-0.39, 0.29) is 5.91 Å². The molecule has 0 radical (unpaired) electrons. The minimum Gasteiger partial charge on any atom is -0.361 e. The molecule has 5 nitrogen and oxygen atoms in total. The lowest BCUT2D eigenvalue weighted by molar-refractivity contribution is 0.0951. The lowest BCUT2D eigenvalue weighted by Gasteiger charge is -2.04. The van der Waals surface area contributed by atoms with Gasteiger partial charge >= 0.3 is 0 Å². The molecular weight excluding hydrogens is 206 g/mol. The van der Waals surface area contributed by atoms with Crippen LogP contribution in [0.4, 0.5) is 0 Å². The number of aryl methyl sites for hydroxylation is 2. The molecule has 90 valence electrons. The van der Waals surface area contributed by atoms with Crippen LogP contribution in [0.2, 0.25) is 0 Å². The van der Waals surface area contributed by atoms with Gasteiger partial charge in [-0.2, -0.15) is 0 Å². The Kier molecular flexibility index (Phi) is 4.98. The lowest BCUT2D eigenvalue weighted by atomic mass is 10.2. The van der Waals surface area contributed by atoms with Gasteiger partial charge in [0.2, 0.25) is 0 Å². The van der Waals surface area contributed by atoms with Crippen molar-refractivity contribution in [1.29, 1.82) is 0 Å². The maximum absolute atomic E-state index is 11.7. The van der Waals surface area contributed by atoms with Gasteiger partial charge in [-0.15, -0.1) is 0 Å². The van der Waals surface area contributed by atoms with E-state index in [1.54, 1.807) is 13.8 Å². The zero-order chi connectivity index (χ0) is 12.0. The van der Waals surface area contributed by atoms with Gasteiger partial charge in [0.1, 0.15) is 11.3 Å².